The Kier molecular flexibility index (Phi) is 5.82. The molecule has 32 heavy (non-hydrogen) atoms. The summed E-state index contributed by atoms with van der Waals surface area (Å²) in [5, 5.41) is 10.2. The Hall–Kier alpha value is -2.58. The van der Waals surface area contributed by atoms with E-state index in [9.17, 15) is 13.2 Å². The number of thiazole rings is 1. The highest BCUT2D eigenvalue weighted by atomic mass is 32.2. The second kappa shape index (κ2) is 8.75. The SMILES string of the molecule is O=c1cc(CSc2nnc(-c3cccc(S(=O)(=O)N4CCOCC4)c3)o2)nc2sccn12. The fraction of sp³-hybridized carbons (Fsp3) is 0.263. The number of fused-ring (bicyclic) bond motifs is 1. The van der Waals surface area contributed by atoms with Gasteiger partial charge >= 0.3 is 0 Å². The third kappa shape index (κ3) is 4.21. The van der Waals surface area contributed by atoms with E-state index in [0.29, 0.717) is 53.5 Å². The van der Waals surface area contributed by atoms with Crippen LogP contribution in [0.25, 0.3) is 16.4 Å². The van der Waals surface area contributed by atoms with Crippen LogP contribution in [0, 0.1) is 0 Å². The summed E-state index contributed by atoms with van der Waals surface area (Å²) in [4.78, 5) is 17.3. The van der Waals surface area contributed by atoms with Crippen LogP contribution in [0.2, 0.25) is 0 Å². The van der Waals surface area contributed by atoms with Gasteiger partial charge in [-0.1, -0.05) is 17.8 Å². The summed E-state index contributed by atoms with van der Waals surface area (Å²) < 4.78 is 39.7. The average Bonchev–Trinajstić information content (AvgIpc) is 3.48. The Morgan fingerprint density at radius 3 is 2.84 bits per heavy atom. The molecule has 166 valence electrons. The van der Waals surface area contributed by atoms with Crippen molar-refractivity contribution in [3.63, 3.8) is 0 Å². The monoisotopic (exact) mass is 491 g/mol. The minimum absolute atomic E-state index is 0.142. The highest BCUT2D eigenvalue weighted by Gasteiger charge is 2.27. The smallest absolute Gasteiger partial charge is 0.277 e. The predicted octanol–water partition coefficient (Wildman–Crippen LogP) is 2.12. The zero-order valence-electron chi connectivity index (χ0n) is 16.6. The standard InChI is InChI=1S/C19H17N5O5S3/c25-16-11-14(20-18-24(16)6-9-30-18)12-31-19-22-21-17(29-19)13-2-1-3-15(10-13)32(26,27)23-4-7-28-8-5-23/h1-3,6,9-11H,4-5,7-8,12H2. The van der Waals surface area contributed by atoms with Crippen LogP contribution < -0.4 is 5.56 Å². The molecule has 1 aliphatic rings. The molecule has 0 amide bonds. The van der Waals surface area contributed by atoms with Crippen LogP contribution in [0.5, 0.6) is 0 Å². The molecule has 4 aromatic rings. The van der Waals surface area contributed by atoms with Crippen molar-refractivity contribution in [3.8, 4) is 11.5 Å². The predicted molar refractivity (Wildman–Crippen MR) is 118 cm³/mol. The Balaban J connectivity index is 1.33. The maximum absolute atomic E-state index is 12.9. The van der Waals surface area contributed by atoms with Gasteiger partial charge in [0.1, 0.15) is 0 Å². The molecule has 0 aliphatic carbocycles. The second-order valence-corrected chi connectivity index (χ2v) is 10.6. The van der Waals surface area contributed by atoms with Crippen LogP contribution in [-0.2, 0) is 20.5 Å². The van der Waals surface area contributed by atoms with E-state index in [2.05, 4.69) is 15.2 Å². The number of sulfonamides is 1. The minimum atomic E-state index is -3.63. The number of thioether (sulfide) groups is 1. The Bertz CT molecular complexity index is 1420. The Morgan fingerprint density at radius 2 is 2.00 bits per heavy atom. The second-order valence-electron chi connectivity index (χ2n) is 6.85. The first-order chi connectivity index (χ1) is 15.5. The van der Waals surface area contributed by atoms with E-state index in [1.54, 1.807) is 29.8 Å². The normalized spacial score (nSPS) is 15.4. The number of rotatable bonds is 6. The van der Waals surface area contributed by atoms with Gasteiger partial charge in [-0.25, -0.2) is 13.4 Å². The van der Waals surface area contributed by atoms with Gasteiger partial charge in [0.15, 0.2) is 4.96 Å². The zero-order valence-corrected chi connectivity index (χ0v) is 19.0. The van der Waals surface area contributed by atoms with E-state index in [-0.39, 0.29) is 16.3 Å². The van der Waals surface area contributed by atoms with Crippen LogP contribution in [-0.4, -0.2) is 58.6 Å². The molecule has 1 aliphatic heterocycles. The highest BCUT2D eigenvalue weighted by molar-refractivity contribution is 7.98. The van der Waals surface area contributed by atoms with E-state index < -0.39 is 10.0 Å². The largest absolute Gasteiger partial charge is 0.411 e. The molecule has 0 saturated carbocycles. The molecule has 0 N–H and O–H groups in total. The summed E-state index contributed by atoms with van der Waals surface area (Å²) in [6.45, 7) is 1.40. The van der Waals surface area contributed by atoms with Crippen LogP contribution in [0.15, 0.2) is 61.2 Å². The fourth-order valence-electron chi connectivity index (χ4n) is 3.21. The van der Waals surface area contributed by atoms with Crippen molar-refractivity contribution in [2.75, 3.05) is 26.3 Å². The zero-order chi connectivity index (χ0) is 22.1. The Morgan fingerprint density at radius 1 is 1.16 bits per heavy atom. The highest BCUT2D eigenvalue weighted by Crippen LogP contribution is 2.27. The fourth-order valence-corrected chi connectivity index (χ4v) is 6.06. The summed E-state index contributed by atoms with van der Waals surface area (Å²) in [5.41, 5.74) is 0.979. The summed E-state index contributed by atoms with van der Waals surface area (Å²) in [7, 11) is -3.63. The molecule has 4 heterocycles. The molecule has 1 fully saturated rings. The number of hydrogen-bond donors (Lipinski definition) is 0. The molecule has 10 nitrogen and oxygen atoms in total. The van der Waals surface area contributed by atoms with Gasteiger partial charge in [0.05, 0.1) is 23.8 Å². The van der Waals surface area contributed by atoms with E-state index in [1.807, 2.05) is 0 Å². The third-order valence-electron chi connectivity index (χ3n) is 4.80. The van der Waals surface area contributed by atoms with Crippen LogP contribution in [0.4, 0.5) is 0 Å². The molecule has 0 spiro atoms. The molecule has 0 bridgehead atoms. The first-order valence-electron chi connectivity index (χ1n) is 9.61. The lowest BCUT2D eigenvalue weighted by Crippen LogP contribution is -2.40. The maximum atomic E-state index is 12.9. The molecule has 0 atom stereocenters. The van der Waals surface area contributed by atoms with Crippen molar-refractivity contribution in [1.29, 1.82) is 0 Å². The number of aromatic nitrogens is 4. The number of nitrogens with zero attached hydrogens (tertiary/aromatic N) is 5. The molecular formula is C19H17N5O5S3. The maximum Gasteiger partial charge on any atom is 0.277 e. The van der Waals surface area contributed by atoms with Gasteiger partial charge in [0.2, 0.25) is 15.9 Å². The van der Waals surface area contributed by atoms with Crippen LogP contribution >= 0.6 is 23.1 Å². The van der Waals surface area contributed by atoms with E-state index in [1.165, 1.54) is 43.9 Å². The van der Waals surface area contributed by atoms with Crippen LogP contribution in [0.3, 0.4) is 0 Å². The van der Waals surface area contributed by atoms with Gasteiger partial charge in [0.25, 0.3) is 10.8 Å². The molecule has 0 radical (unpaired) electrons. The summed E-state index contributed by atoms with van der Waals surface area (Å²) in [6, 6.07) is 7.91. The molecule has 0 unspecified atom stereocenters. The molecule has 1 saturated heterocycles. The van der Waals surface area contributed by atoms with Gasteiger partial charge in [-0.3, -0.25) is 9.20 Å². The Labute approximate surface area is 190 Å². The first-order valence-corrected chi connectivity index (χ1v) is 12.9. The van der Waals surface area contributed by atoms with Gasteiger partial charge in [-0.2, -0.15) is 4.31 Å². The van der Waals surface area contributed by atoms with E-state index in [4.69, 9.17) is 9.15 Å². The number of morpholine rings is 1. The summed E-state index contributed by atoms with van der Waals surface area (Å²) in [5.74, 6) is 0.602. The van der Waals surface area contributed by atoms with Crippen LogP contribution in [0.1, 0.15) is 5.69 Å². The minimum Gasteiger partial charge on any atom is -0.411 e. The van der Waals surface area contributed by atoms with Gasteiger partial charge < -0.3 is 9.15 Å². The molecule has 3 aromatic heterocycles. The van der Waals surface area contributed by atoms with Crippen molar-refractivity contribution in [3.05, 3.63) is 58.0 Å². The number of ether oxygens (including phenoxy) is 1. The number of hydrogen-bond acceptors (Lipinski definition) is 10. The first kappa shape index (κ1) is 21.3. The summed E-state index contributed by atoms with van der Waals surface area (Å²) >= 11 is 2.64. The summed E-state index contributed by atoms with van der Waals surface area (Å²) in [6.07, 6.45) is 1.68. The molecular weight excluding hydrogens is 474 g/mol. The topological polar surface area (TPSA) is 120 Å². The molecule has 13 heteroatoms. The molecule has 5 rings (SSSR count). The van der Waals surface area contributed by atoms with Gasteiger partial charge in [-0.05, 0) is 18.2 Å². The lowest BCUT2D eigenvalue weighted by molar-refractivity contribution is 0.0730. The quantitative estimate of drug-likeness (QED) is 0.374. The number of benzene rings is 1. The lowest BCUT2D eigenvalue weighted by atomic mass is 10.2. The van der Waals surface area contributed by atoms with Crippen molar-refractivity contribution in [2.24, 2.45) is 0 Å². The van der Waals surface area contributed by atoms with Crippen molar-refractivity contribution in [2.45, 2.75) is 15.9 Å². The van der Waals surface area contributed by atoms with Gasteiger partial charge in [0, 0.05) is 42.0 Å². The van der Waals surface area contributed by atoms with E-state index >= 15 is 0 Å². The van der Waals surface area contributed by atoms with Crippen molar-refractivity contribution < 1.29 is 17.6 Å². The van der Waals surface area contributed by atoms with Crippen molar-refractivity contribution in [1.82, 2.24) is 23.9 Å². The van der Waals surface area contributed by atoms with Gasteiger partial charge in [-0.15, -0.1) is 21.5 Å². The van der Waals surface area contributed by atoms with E-state index in [0.717, 1.165) is 0 Å². The average molecular weight is 492 g/mol. The molecule has 1 aromatic carbocycles. The third-order valence-corrected chi connectivity index (χ3v) is 8.30. The lowest BCUT2D eigenvalue weighted by Gasteiger charge is -2.26. The van der Waals surface area contributed by atoms with Crippen molar-refractivity contribution >= 4 is 38.1 Å².